The lowest BCUT2D eigenvalue weighted by atomic mass is 10.1. The topological polar surface area (TPSA) is 61.8 Å². The molecule has 25 heavy (non-hydrogen) atoms. The summed E-state index contributed by atoms with van der Waals surface area (Å²) in [6.07, 6.45) is 2.69. The normalized spacial score (nSPS) is 10.5. The van der Waals surface area contributed by atoms with Crippen molar-refractivity contribution in [2.45, 2.75) is 0 Å². The first-order valence-electron chi connectivity index (χ1n) is 7.39. The Morgan fingerprint density at radius 2 is 1.76 bits per heavy atom. The zero-order valence-electron chi connectivity index (χ0n) is 13.8. The summed E-state index contributed by atoms with van der Waals surface area (Å²) in [4.78, 5) is 23.5. The van der Waals surface area contributed by atoms with Crippen molar-refractivity contribution in [1.29, 1.82) is 0 Å². The zero-order chi connectivity index (χ0) is 18.2. The fraction of sp³-hybridized carbons (Fsp3) is 0.158. The number of methoxy groups -OCH3 is 2. The maximum Gasteiger partial charge on any atom is 0.331 e. The number of halogens is 1. The van der Waals surface area contributed by atoms with Crippen LogP contribution in [0.3, 0.4) is 0 Å². The third-order valence-corrected chi connectivity index (χ3v) is 3.34. The van der Waals surface area contributed by atoms with E-state index in [0.29, 0.717) is 17.1 Å². The van der Waals surface area contributed by atoms with Gasteiger partial charge in [0.2, 0.25) is 5.78 Å². The van der Waals surface area contributed by atoms with E-state index in [-0.39, 0.29) is 5.56 Å². The highest BCUT2D eigenvalue weighted by Gasteiger charge is 2.12. The van der Waals surface area contributed by atoms with Crippen molar-refractivity contribution < 1.29 is 28.2 Å². The van der Waals surface area contributed by atoms with E-state index in [1.807, 2.05) is 0 Å². The molecule has 0 saturated carbocycles. The molecule has 0 aliphatic rings. The number of carbonyl (C=O) groups excluding carboxylic acids is 2. The van der Waals surface area contributed by atoms with Gasteiger partial charge in [-0.05, 0) is 35.9 Å². The molecule has 0 fully saturated rings. The first-order valence-corrected chi connectivity index (χ1v) is 7.39. The molecule has 0 aliphatic carbocycles. The molecule has 2 aromatic carbocycles. The molecule has 0 aromatic heterocycles. The molecule has 0 amide bonds. The Kier molecular flexibility index (Phi) is 6.28. The summed E-state index contributed by atoms with van der Waals surface area (Å²) < 4.78 is 28.6. The molecule has 0 aliphatic heterocycles. The lowest BCUT2D eigenvalue weighted by molar-refractivity contribution is -0.136. The minimum absolute atomic E-state index is 0.112. The minimum atomic E-state index is -0.709. The quantitative estimate of drug-likeness (QED) is 0.438. The predicted molar refractivity (Wildman–Crippen MR) is 90.3 cm³/mol. The van der Waals surface area contributed by atoms with Crippen LogP contribution in [0.25, 0.3) is 6.08 Å². The molecule has 6 heteroatoms. The smallest absolute Gasteiger partial charge is 0.331 e. The summed E-state index contributed by atoms with van der Waals surface area (Å²) >= 11 is 0. The molecule has 0 atom stereocenters. The van der Waals surface area contributed by atoms with Crippen molar-refractivity contribution in [3.63, 3.8) is 0 Å². The Labute approximate surface area is 144 Å². The Hall–Kier alpha value is -3.15. The van der Waals surface area contributed by atoms with Crippen LogP contribution in [-0.4, -0.2) is 32.6 Å². The molecule has 0 radical (unpaired) electrons. The monoisotopic (exact) mass is 344 g/mol. The number of hydrogen-bond acceptors (Lipinski definition) is 5. The number of Topliss-reactive ketones (excluding diaryl/α,β-unsaturated/α-hetero) is 1. The second kappa shape index (κ2) is 8.63. The van der Waals surface area contributed by atoms with Crippen molar-refractivity contribution in [2.24, 2.45) is 0 Å². The SMILES string of the molecule is COc1ccc(/C=C/C(=O)OCC(=O)c2ccccc2F)cc1OC. The number of benzene rings is 2. The number of hydrogen-bond donors (Lipinski definition) is 0. The van der Waals surface area contributed by atoms with Gasteiger partial charge < -0.3 is 14.2 Å². The molecule has 0 unspecified atom stereocenters. The van der Waals surface area contributed by atoms with Gasteiger partial charge in [0.15, 0.2) is 18.1 Å². The highest BCUT2D eigenvalue weighted by Crippen LogP contribution is 2.27. The molecule has 0 saturated heterocycles. The number of ether oxygens (including phenoxy) is 3. The Morgan fingerprint density at radius 1 is 1.04 bits per heavy atom. The molecular weight excluding hydrogens is 327 g/mol. The molecule has 2 aromatic rings. The molecule has 0 spiro atoms. The summed E-state index contributed by atoms with van der Waals surface area (Å²) in [5.41, 5.74) is 0.578. The Morgan fingerprint density at radius 3 is 2.44 bits per heavy atom. The van der Waals surface area contributed by atoms with Crippen molar-refractivity contribution >= 4 is 17.8 Å². The van der Waals surface area contributed by atoms with Crippen LogP contribution < -0.4 is 9.47 Å². The van der Waals surface area contributed by atoms with Crippen LogP contribution in [0, 0.1) is 5.82 Å². The summed E-state index contributed by atoms with van der Waals surface area (Å²) in [7, 11) is 3.03. The first-order chi connectivity index (χ1) is 12.0. The summed E-state index contributed by atoms with van der Waals surface area (Å²) in [5.74, 6) is -0.875. The van der Waals surface area contributed by atoms with Gasteiger partial charge in [-0.15, -0.1) is 0 Å². The molecular formula is C19H17FO5. The fourth-order valence-corrected chi connectivity index (χ4v) is 2.07. The summed E-state index contributed by atoms with van der Waals surface area (Å²) in [6.45, 7) is -0.532. The number of rotatable bonds is 7. The maximum absolute atomic E-state index is 13.5. The standard InChI is InChI=1S/C19H17FO5/c1-23-17-9-7-13(11-18(17)24-2)8-10-19(22)25-12-16(21)14-5-3-4-6-15(14)20/h3-11H,12H2,1-2H3/b10-8+. The predicted octanol–water partition coefficient (Wildman–Crippen LogP) is 3.28. The van der Waals surface area contributed by atoms with Crippen LogP contribution in [0.4, 0.5) is 4.39 Å². The van der Waals surface area contributed by atoms with Crippen molar-refractivity contribution in [3.05, 3.63) is 65.5 Å². The van der Waals surface area contributed by atoms with Crippen LogP contribution in [0.2, 0.25) is 0 Å². The van der Waals surface area contributed by atoms with Gasteiger partial charge in [-0.25, -0.2) is 9.18 Å². The van der Waals surface area contributed by atoms with Crippen molar-refractivity contribution in [2.75, 3.05) is 20.8 Å². The highest BCUT2D eigenvalue weighted by molar-refractivity contribution is 5.99. The van der Waals surface area contributed by atoms with Crippen LogP contribution in [0.1, 0.15) is 15.9 Å². The van der Waals surface area contributed by atoms with Gasteiger partial charge in [0.25, 0.3) is 0 Å². The van der Waals surface area contributed by atoms with Gasteiger partial charge in [0, 0.05) is 6.08 Å². The average molecular weight is 344 g/mol. The Bertz CT molecular complexity index is 798. The number of ketones is 1. The van der Waals surface area contributed by atoms with Gasteiger partial charge in [0.05, 0.1) is 19.8 Å². The van der Waals surface area contributed by atoms with Gasteiger partial charge >= 0.3 is 5.97 Å². The van der Waals surface area contributed by atoms with E-state index >= 15 is 0 Å². The van der Waals surface area contributed by atoms with Crippen LogP contribution in [0.15, 0.2) is 48.5 Å². The molecule has 130 valence electrons. The molecule has 0 heterocycles. The van der Waals surface area contributed by atoms with Crippen LogP contribution in [0.5, 0.6) is 11.5 Å². The zero-order valence-corrected chi connectivity index (χ0v) is 13.8. The average Bonchev–Trinajstić information content (AvgIpc) is 2.64. The van der Waals surface area contributed by atoms with Crippen molar-refractivity contribution in [1.82, 2.24) is 0 Å². The van der Waals surface area contributed by atoms with E-state index in [1.54, 1.807) is 18.2 Å². The van der Waals surface area contributed by atoms with Gasteiger partial charge in [0.1, 0.15) is 5.82 Å². The summed E-state index contributed by atoms with van der Waals surface area (Å²) in [6, 6.07) is 10.6. The molecule has 0 bridgehead atoms. The van der Waals surface area contributed by atoms with Crippen LogP contribution >= 0.6 is 0 Å². The molecule has 5 nitrogen and oxygen atoms in total. The lowest BCUT2D eigenvalue weighted by Crippen LogP contribution is -2.13. The minimum Gasteiger partial charge on any atom is -0.493 e. The maximum atomic E-state index is 13.5. The Balaban J connectivity index is 1.95. The van der Waals surface area contributed by atoms with E-state index in [1.165, 1.54) is 50.6 Å². The molecule has 0 N–H and O–H groups in total. The van der Waals surface area contributed by atoms with Crippen molar-refractivity contribution in [3.8, 4) is 11.5 Å². The number of carbonyl (C=O) groups is 2. The third kappa shape index (κ3) is 4.91. The van der Waals surface area contributed by atoms with Gasteiger partial charge in [-0.3, -0.25) is 4.79 Å². The van der Waals surface area contributed by atoms with E-state index < -0.39 is 24.2 Å². The largest absolute Gasteiger partial charge is 0.493 e. The second-order valence-corrected chi connectivity index (χ2v) is 4.96. The lowest BCUT2D eigenvalue weighted by Gasteiger charge is -2.07. The third-order valence-electron chi connectivity index (χ3n) is 3.34. The number of esters is 1. The van der Waals surface area contributed by atoms with E-state index in [2.05, 4.69) is 0 Å². The van der Waals surface area contributed by atoms with Gasteiger partial charge in [-0.2, -0.15) is 0 Å². The highest BCUT2D eigenvalue weighted by atomic mass is 19.1. The first kappa shape index (κ1) is 18.2. The fourth-order valence-electron chi connectivity index (χ4n) is 2.07. The van der Waals surface area contributed by atoms with E-state index in [0.717, 1.165) is 0 Å². The van der Waals surface area contributed by atoms with Gasteiger partial charge in [-0.1, -0.05) is 18.2 Å². The van der Waals surface area contributed by atoms with E-state index in [4.69, 9.17) is 14.2 Å². The van der Waals surface area contributed by atoms with Crippen LogP contribution in [-0.2, 0) is 9.53 Å². The van der Waals surface area contributed by atoms with E-state index in [9.17, 15) is 14.0 Å². The molecule has 2 rings (SSSR count). The second-order valence-electron chi connectivity index (χ2n) is 4.96. The summed E-state index contributed by atoms with van der Waals surface area (Å²) in [5, 5.41) is 0.